The van der Waals surface area contributed by atoms with Crippen LogP contribution in [-0.4, -0.2) is 8.42 Å². The van der Waals surface area contributed by atoms with Gasteiger partial charge in [0.05, 0.1) is 9.47 Å². The number of benzene rings is 1. The molecule has 0 atom stereocenters. The third kappa shape index (κ3) is 3.06. The fraction of sp³-hybridized carbons (Fsp3) is 0.0909. The molecule has 0 amide bonds. The van der Waals surface area contributed by atoms with Crippen LogP contribution in [0, 0.1) is 10.5 Å². The highest BCUT2D eigenvalue weighted by molar-refractivity contribution is 14.1. The molecule has 0 spiro atoms. The highest BCUT2D eigenvalue weighted by Crippen LogP contribution is 2.29. The van der Waals surface area contributed by atoms with Crippen molar-refractivity contribution in [1.82, 2.24) is 0 Å². The first-order valence-electron chi connectivity index (χ1n) is 4.93. The maximum absolute atomic E-state index is 12.2. The minimum absolute atomic E-state index is 0.299. The maximum atomic E-state index is 12.2. The zero-order valence-corrected chi connectivity index (χ0v) is 14.7. The molecule has 7 heteroatoms. The van der Waals surface area contributed by atoms with Gasteiger partial charge in [-0.3, -0.25) is 4.72 Å². The SMILES string of the molecule is Cc1c(I)cccc1NS(=O)(=O)c1ccc(Br)s1. The van der Waals surface area contributed by atoms with E-state index in [4.69, 9.17) is 0 Å². The van der Waals surface area contributed by atoms with Gasteiger partial charge in [0.25, 0.3) is 10.0 Å². The molecule has 2 rings (SSSR count). The minimum atomic E-state index is -3.50. The molecule has 0 saturated heterocycles. The van der Waals surface area contributed by atoms with Crippen molar-refractivity contribution in [2.45, 2.75) is 11.1 Å². The van der Waals surface area contributed by atoms with Gasteiger partial charge < -0.3 is 0 Å². The van der Waals surface area contributed by atoms with Crippen molar-refractivity contribution in [3.8, 4) is 0 Å². The van der Waals surface area contributed by atoms with Crippen LogP contribution in [0.15, 0.2) is 38.3 Å². The lowest BCUT2D eigenvalue weighted by Gasteiger charge is -2.10. The van der Waals surface area contributed by atoms with E-state index >= 15 is 0 Å². The number of anilines is 1. The van der Waals surface area contributed by atoms with Crippen LogP contribution in [0.1, 0.15) is 5.56 Å². The Labute approximate surface area is 132 Å². The van der Waals surface area contributed by atoms with Crippen LogP contribution in [0.25, 0.3) is 0 Å². The Kier molecular flexibility index (Phi) is 4.35. The molecule has 0 unspecified atom stereocenters. The average Bonchev–Trinajstić information content (AvgIpc) is 2.72. The van der Waals surface area contributed by atoms with E-state index in [0.29, 0.717) is 9.90 Å². The van der Waals surface area contributed by atoms with E-state index in [0.717, 1.165) is 12.9 Å². The molecule has 1 aromatic heterocycles. The lowest BCUT2D eigenvalue weighted by molar-refractivity contribution is 0.603. The molecule has 3 nitrogen and oxygen atoms in total. The number of hydrogen-bond donors (Lipinski definition) is 1. The van der Waals surface area contributed by atoms with Crippen molar-refractivity contribution in [3.05, 3.63) is 43.3 Å². The second-order valence-corrected chi connectivity index (χ2v) is 9.11. The fourth-order valence-corrected chi connectivity index (χ4v) is 4.99. The minimum Gasteiger partial charge on any atom is -0.279 e. The Bertz CT molecular complexity index is 682. The Hall–Kier alpha value is -0.120. The van der Waals surface area contributed by atoms with Crippen molar-refractivity contribution in [2.75, 3.05) is 4.72 Å². The van der Waals surface area contributed by atoms with Crippen molar-refractivity contribution in [2.24, 2.45) is 0 Å². The van der Waals surface area contributed by atoms with Gasteiger partial charge in [-0.15, -0.1) is 11.3 Å². The molecule has 0 aliphatic carbocycles. The number of hydrogen-bond acceptors (Lipinski definition) is 3. The maximum Gasteiger partial charge on any atom is 0.271 e. The molecule has 1 heterocycles. The van der Waals surface area contributed by atoms with E-state index < -0.39 is 10.0 Å². The van der Waals surface area contributed by atoms with Gasteiger partial charge in [-0.2, -0.15) is 0 Å². The van der Waals surface area contributed by atoms with E-state index in [1.807, 2.05) is 19.1 Å². The molecule has 18 heavy (non-hydrogen) atoms. The van der Waals surface area contributed by atoms with E-state index in [1.165, 1.54) is 11.3 Å². The highest BCUT2D eigenvalue weighted by Gasteiger charge is 2.17. The number of rotatable bonds is 3. The van der Waals surface area contributed by atoms with Crippen molar-refractivity contribution in [3.63, 3.8) is 0 Å². The molecule has 0 aliphatic rings. The second kappa shape index (κ2) is 5.48. The Morgan fingerprint density at radius 2 is 2.00 bits per heavy atom. The molecular formula is C11H9BrINO2S2. The van der Waals surface area contributed by atoms with Gasteiger partial charge >= 0.3 is 0 Å². The topological polar surface area (TPSA) is 46.2 Å². The fourth-order valence-electron chi connectivity index (χ4n) is 1.36. The Morgan fingerprint density at radius 1 is 1.28 bits per heavy atom. The molecule has 2 aromatic rings. The van der Waals surface area contributed by atoms with Gasteiger partial charge in [-0.1, -0.05) is 6.07 Å². The standard InChI is InChI=1S/C11H9BrINO2S2/c1-7-8(13)3-2-4-9(7)14-18(15,16)11-6-5-10(12)17-11/h2-6,14H,1H3. The van der Waals surface area contributed by atoms with Crippen LogP contribution in [0.5, 0.6) is 0 Å². The lowest BCUT2D eigenvalue weighted by Crippen LogP contribution is -2.12. The molecule has 96 valence electrons. The predicted molar refractivity (Wildman–Crippen MR) is 86.7 cm³/mol. The van der Waals surface area contributed by atoms with Crippen molar-refractivity contribution < 1.29 is 8.42 Å². The van der Waals surface area contributed by atoms with Gasteiger partial charge in [0.2, 0.25) is 0 Å². The predicted octanol–water partition coefficient (Wildman–Crippen LogP) is 4.22. The van der Waals surface area contributed by atoms with Crippen molar-refractivity contribution in [1.29, 1.82) is 0 Å². The summed E-state index contributed by atoms with van der Waals surface area (Å²) in [7, 11) is -3.50. The molecule has 1 N–H and O–H groups in total. The van der Waals surface area contributed by atoms with Gasteiger partial charge in [0, 0.05) is 3.57 Å². The summed E-state index contributed by atoms with van der Waals surface area (Å²) in [4.78, 5) is 0. The van der Waals surface area contributed by atoms with Gasteiger partial charge in [-0.05, 0) is 75.3 Å². The summed E-state index contributed by atoms with van der Waals surface area (Å²) in [5.41, 5.74) is 1.55. The van der Waals surface area contributed by atoms with Crippen LogP contribution < -0.4 is 4.72 Å². The molecular weight excluding hydrogens is 449 g/mol. The van der Waals surface area contributed by atoms with Gasteiger partial charge in [0.15, 0.2) is 0 Å². The van der Waals surface area contributed by atoms with E-state index in [9.17, 15) is 8.42 Å². The zero-order valence-electron chi connectivity index (χ0n) is 9.28. The summed E-state index contributed by atoms with van der Waals surface area (Å²) in [6.45, 7) is 1.89. The summed E-state index contributed by atoms with van der Waals surface area (Å²) in [6.07, 6.45) is 0. The summed E-state index contributed by atoms with van der Waals surface area (Å²) in [5, 5.41) is 0. The zero-order chi connectivity index (χ0) is 13.3. The normalized spacial score (nSPS) is 11.5. The number of thiophene rings is 1. The molecule has 0 bridgehead atoms. The first-order chi connectivity index (χ1) is 8.40. The largest absolute Gasteiger partial charge is 0.279 e. The molecule has 0 saturated carbocycles. The monoisotopic (exact) mass is 457 g/mol. The molecule has 0 aliphatic heterocycles. The highest BCUT2D eigenvalue weighted by atomic mass is 127. The van der Waals surface area contributed by atoms with Gasteiger partial charge in [0.1, 0.15) is 4.21 Å². The molecule has 1 aromatic carbocycles. The first kappa shape index (κ1) is 14.3. The van der Waals surface area contributed by atoms with Crippen LogP contribution >= 0.6 is 49.9 Å². The van der Waals surface area contributed by atoms with E-state index in [-0.39, 0.29) is 0 Å². The molecule has 0 fully saturated rings. The first-order valence-corrected chi connectivity index (χ1v) is 9.10. The number of sulfonamides is 1. The van der Waals surface area contributed by atoms with E-state index in [2.05, 4.69) is 43.2 Å². The van der Waals surface area contributed by atoms with Crippen LogP contribution in [0.4, 0.5) is 5.69 Å². The summed E-state index contributed by atoms with van der Waals surface area (Å²) >= 11 is 6.63. The lowest BCUT2D eigenvalue weighted by atomic mass is 10.2. The number of halogens is 2. The second-order valence-electron chi connectivity index (χ2n) is 3.58. The summed E-state index contributed by atoms with van der Waals surface area (Å²) in [5.74, 6) is 0. The summed E-state index contributed by atoms with van der Waals surface area (Å²) in [6, 6.07) is 8.84. The summed E-state index contributed by atoms with van der Waals surface area (Å²) < 4.78 is 29.0. The number of nitrogens with one attached hydrogen (secondary N) is 1. The van der Waals surface area contributed by atoms with Crippen LogP contribution in [-0.2, 0) is 10.0 Å². The quantitative estimate of drug-likeness (QED) is 0.701. The Balaban J connectivity index is 2.37. The third-order valence-corrected chi connectivity index (χ3v) is 6.98. The Morgan fingerprint density at radius 3 is 2.61 bits per heavy atom. The van der Waals surface area contributed by atoms with Crippen molar-refractivity contribution >= 4 is 65.6 Å². The van der Waals surface area contributed by atoms with E-state index in [1.54, 1.807) is 18.2 Å². The average molecular weight is 458 g/mol. The van der Waals surface area contributed by atoms with Gasteiger partial charge in [-0.25, -0.2) is 8.42 Å². The smallest absolute Gasteiger partial charge is 0.271 e. The third-order valence-electron chi connectivity index (χ3n) is 2.33. The van der Waals surface area contributed by atoms with Crippen LogP contribution in [0.2, 0.25) is 0 Å². The van der Waals surface area contributed by atoms with Crippen LogP contribution in [0.3, 0.4) is 0 Å². The molecule has 0 radical (unpaired) electrons.